The molecule has 1 rings (SSSR count). The van der Waals surface area contributed by atoms with Crippen LogP contribution in [0.2, 0.25) is 5.02 Å². The molecular weight excluding hydrogens is 260 g/mol. The molecule has 0 saturated carbocycles. The van der Waals surface area contributed by atoms with Gasteiger partial charge in [-0.15, -0.1) is 0 Å². The Morgan fingerprint density at radius 3 is 2.53 bits per heavy atom. The highest BCUT2D eigenvalue weighted by molar-refractivity contribution is 6.30. The van der Waals surface area contributed by atoms with E-state index in [0.717, 1.165) is 17.1 Å². The predicted molar refractivity (Wildman–Crippen MR) is 81.6 cm³/mol. The number of hydrogen-bond acceptors (Lipinski definition) is 3. The van der Waals surface area contributed by atoms with E-state index in [1.807, 2.05) is 39.0 Å². The zero-order valence-corrected chi connectivity index (χ0v) is 13.0. The third-order valence-corrected chi connectivity index (χ3v) is 3.29. The van der Waals surface area contributed by atoms with Crippen molar-refractivity contribution < 1.29 is 4.74 Å². The van der Waals surface area contributed by atoms with Gasteiger partial charge in [-0.3, -0.25) is 4.90 Å². The second kappa shape index (κ2) is 7.85. The van der Waals surface area contributed by atoms with E-state index in [2.05, 4.69) is 18.0 Å². The summed E-state index contributed by atoms with van der Waals surface area (Å²) < 4.78 is 5.59. The summed E-state index contributed by atoms with van der Waals surface area (Å²) in [6.07, 6.45) is 0.258. The maximum atomic E-state index is 6.13. The molecule has 108 valence electrons. The zero-order valence-electron chi connectivity index (χ0n) is 12.3. The van der Waals surface area contributed by atoms with Gasteiger partial charge in [0.2, 0.25) is 0 Å². The van der Waals surface area contributed by atoms with Crippen LogP contribution < -0.4 is 5.73 Å². The van der Waals surface area contributed by atoms with Crippen LogP contribution >= 0.6 is 11.6 Å². The van der Waals surface area contributed by atoms with E-state index in [1.165, 1.54) is 0 Å². The Kier molecular flexibility index (Phi) is 6.80. The molecule has 0 heterocycles. The molecule has 0 amide bonds. The fourth-order valence-electron chi connectivity index (χ4n) is 2.22. The van der Waals surface area contributed by atoms with E-state index < -0.39 is 0 Å². The van der Waals surface area contributed by atoms with E-state index in [-0.39, 0.29) is 18.2 Å². The third kappa shape index (κ3) is 5.49. The second-order valence-electron chi connectivity index (χ2n) is 5.26. The molecule has 0 aliphatic rings. The molecule has 0 aliphatic carbocycles. The van der Waals surface area contributed by atoms with Crippen molar-refractivity contribution >= 4 is 11.6 Å². The summed E-state index contributed by atoms with van der Waals surface area (Å²) in [7, 11) is 2.07. The summed E-state index contributed by atoms with van der Waals surface area (Å²) >= 11 is 6.06. The van der Waals surface area contributed by atoms with Crippen molar-refractivity contribution in [3.8, 4) is 0 Å². The quantitative estimate of drug-likeness (QED) is 0.836. The largest absolute Gasteiger partial charge is 0.377 e. The summed E-state index contributed by atoms with van der Waals surface area (Å²) in [5.41, 5.74) is 7.27. The number of rotatable bonds is 7. The minimum atomic E-state index is 0.0301. The Morgan fingerprint density at radius 2 is 2.00 bits per heavy atom. The maximum absolute atomic E-state index is 6.13. The number of nitrogens with two attached hydrogens (primary N) is 1. The zero-order chi connectivity index (χ0) is 14.4. The highest BCUT2D eigenvalue weighted by Gasteiger charge is 2.21. The molecule has 0 saturated heterocycles. The van der Waals surface area contributed by atoms with Gasteiger partial charge in [-0.1, -0.05) is 23.7 Å². The van der Waals surface area contributed by atoms with E-state index in [1.54, 1.807) is 0 Å². The van der Waals surface area contributed by atoms with Gasteiger partial charge in [0.15, 0.2) is 0 Å². The van der Waals surface area contributed by atoms with Crippen LogP contribution in [0.15, 0.2) is 24.3 Å². The molecule has 0 aromatic heterocycles. The number of likely N-dealkylation sites (N-methyl/N-ethyl adjacent to an activating group) is 1. The molecule has 3 nitrogen and oxygen atoms in total. The Bertz CT molecular complexity index is 382. The molecule has 0 spiro atoms. The van der Waals surface area contributed by atoms with Gasteiger partial charge >= 0.3 is 0 Å². The monoisotopic (exact) mass is 284 g/mol. The summed E-state index contributed by atoms with van der Waals surface area (Å²) in [6, 6.07) is 8.07. The third-order valence-electron chi connectivity index (χ3n) is 3.06. The van der Waals surface area contributed by atoms with Crippen LogP contribution in [0.5, 0.6) is 0 Å². The minimum Gasteiger partial charge on any atom is -0.377 e. The van der Waals surface area contributed by atoms with Gasteiger partial charge in [-0.25, -0.2) is 0 Å². The number of ether oxygens (including phenoxy) is 1. The fourth-order valence-corrected chi connectivity index (χ4v) is 2.42. The van der Waals surface area contributed by atoms with Crippen molar-refractivity contribution in [2.75, 3.05) is 20.2 Å². The Balaban J connectivity index is 2.71. The molecule has 1 aromatic carbocycles. The van der Waals surface area contributed by atoms with Crippen molar-refractivity contribution in [3.05, 3.63) is 34.9 Å². The lowest BCUT2D eigenvalue weighted by atomic mass is 10.00. The molecule has 0 bridgehead atoms. The average Bonchev–Trinajstić information content (AvgIpc) is 2.28. The van der Waals surface area contributed by atoms with Crippen molar-refractivity contribution in [1.82, 2.24) is 4.90 Å². The van der Waals surface area contributed by atoms with Crippen molar-refractivity contribution in [3.63, 3.8) is 0 Å². The molecular formula is C15H25ClN2O. The summed E-state index contributed by atoms with van der Waals surface area (Å²) in [4.78, 5) is 2.22. The lowest BCUT2D eigenvalue weighted by Crippen LogP contribution is -2.39. The lowest BCUT2D eigenvalue weighted by Gasteiger charge is -2.31. The molecule has 0 radical (unpaired) electrons. The lowest BCUT2D eigenvalue weighted by molar-refractivity contribution is 0.0535. The molecule has 19 heavy (non-hydrogen) atoms. The van der Waals surface area contributed by atoms with Gasteiger partial charge in [-0.05, 0) is 45.5 Å². The van der Waals surface area contributed by atoms with Gasteiger partial charge in [-0.2, -0.15) is 0 Å². The molecule has 0 aliphatic heterocycles. The van der Waals surface area contributed by atoms with Gasteiger partial charge < -0.3 is 10.5 Å². The first-order valence-corrected chi connectivity index (χ1v) is 7.12. The van der Waals surface area contributed by atoms with Crippen molar-refractivity contribution in [1.29, 1.82) is 0 Å². The van der Waals surface area contributed by atoms with Crippen LogP contribution in [0.4, 0.5) is 0 Å². The number of benzene rings is 1. The van der Waals surface area contributed by atoms with Gasteiger partial charge in [0.25, 0.3) is 0 Å². The molecule has 2 atom stereocenters. The van der Waals surface area contributed by atoms with Gasteiger partial charge in [0, 0.05) is 23.7 Å². The maximum Gasteiger partial charge on any atom is 0.0597 e. The van der Waals surface area contributed by atoms with Crippen molar-refractivity contribution in [2.45, 2.75) is 39.0 Å². The van der Waals surface area contributed by atoms with Crippen LogP contribution in [0, 0.1) is 0 Å². The smallest absolute Gasteiger partial charge is 0.0597 e. The van der Waals surface area contributed by atoms with E-state index >= 15 is 0 Å². The summed E-state index contributed by atoms with van der Waals surface area (Å²) in [5.74, 6) is 0. The number of hydrogen-bond donors (Lipinski definition) is 1. The number of halogens is 1. The molecule has 4 heteroatoms. The molecule has 2 N–H and O–H groups in total. The van der Waals surface area contributed by atoms with Crippen LogP contribution in [0.25, 0.3) is 0 Å². The highest BCUT2D eigenvalue weighted by Crippen LogP contribution is 2.24. The Labute approximate surface area is 121 Å². The fraction of sp³-hybridized carbons (Fsp3) is 0.600. The normalized spacial score (nSPS) is 14.9. The molecule has 0 fully saturated rings. The Hall–Kier alpha value is -0.610. The summed E-state index contributed by atoms with van der Waals surface area (Å²) in [6.45, 7) is 7.65. The van der Waals surface area contributed by atoms with Gasteiger partial charge in [0.1, 0.15) is 0 Å². The first-order chi connectivity index (χ1) is 8.91. The SMILES string of the molecule is CC(C)OCCN(C)C(c1cccc(Cl)c1)C(C)N. The first kappa shape index (κ1) is 16.4. The topological polar surface area (TPSA) is 38.5 Å². The van der Waals surface area contributed by atoms with E-state index in [4.69, 9.17) is 22.1 Å². The average molecular weight is 285 g/mol. The minimum absolute atomic E-state index is 0.0301. The van der Waals surface area contributed by atoms with E-state index in [0.29, 0.717) is 6.61 Å². The van der Waals surface area contributed by atoms with Crippen LogP contribution in [-0.4, -0.2) is 37.2 Å². The van der Waals surface area contributed by atoms with Gasteiger partial charge in [0.05, 0.1) is 12.7 Å². The Morgan fingerprint density at radius 1 is 1.32 bits per heavy atom. The number of nitrogens with zero attached hydrogens (tertiary/aromatic N) is 1. The second-order valence-corrected chi connectivity index (χ2v) is 5.70. The van der Waals surface area contributed by atoms with Crippen LogP contribution in [0.1, 0.15) is 32.4 Å². The molecule has 2 unspecified atom stereocenters. The predicted octanol–water partition coefficient (Wildman–Crippen LogP) is 3.09. The van der Waals surface area contributed by atoms with Crippen LogP contribution in [0.3, 0.4) is 0 Å². The summed E-state index contributed by atoms with van der Waals surface area (Å²) in [5, 5.41) is 0.745. The highest BCUT2D eigenvalue weighted by atomic mass is 35.5. The first-order valence-electron chi connectivity index (χ1n) is 6.74. The van der Waals surface area contributed by atoms with Crippen LogP contribution in [-0.2, 0) is 4.74 Å². The van der Waals surface area contributed by atoms with Crippen molar-refractivity contribution in [2.24, 2.45) is 5.73 Å². The van der Waals surface area contributed by atoms with E-state index in [9.17, 15) is 0 Å². The standard InChI is InChI=1S/C15H25ClN2O/c1-11(2)19-9-8-18(4)15(12(3)17)13-6-5-7-14(16)10-13/h5-7,10-12,15H,8-9,17H2,1-4H3. The molecule has 1 aromatic rings.